The van der Waals surface area contributed by atoms with Crippen molar-refractivity contribution in [1.29, 1.82) is 0 Å². The monoisotopic (exact) mass is 354 g/mol. The zero-order chi connectivity index (χ0) is 18.7. The summed E-state index contributed by atoms with van der Waals surface area (Å²) in [5, 5.41) is 0. The molecule has 2 aromatic heterocycles. The third kappa shape index (κ3) is 3.49. The van der Waals surface area contributed by atoms with Crippen LogP contribution in [0, 0.1) is 5.92 Å². The average molecular weight is 354 g/mol. The van der Waals surface area contributed by atoms with Gasteiger partial charge in [-0.1, -0.05) is 39.3 Å². The standard InChI is InChI=1S/C20H26N4O2/c1-4-5-11-24-18(21)16(20(25)26-12-10-13(2)3)17-19(24)23-15-9-7-6-8-14(15)22-17/h6-9,13H,4-5,10-12,21H2,1-3H3. The zero-order valence-corrected chi connectivity index (χ0v) is 15.7. The molecular weight excluding hydrogens is 328 g/mol. The Balaban J connectivity index is 2.09. The topological polar surface area (TPSA) is 83.0 Å². The molecule has 3 aromatic rings. The van der Waals surface area contributed by atoms with E-state index in [-0.39, 0.29) is 0 Å². The Hall–Kier alpha value is -2.63. The number of fused-ring (bicyclic) bond motifs is 2. The van der Waals surface area contributed by atoms with E-state index in [0.29, 0.717) is 41.6 Å². The van der Waals surface area contributed by atoms with Gasteiger partial charge >= 0.3 is 5.97 Å². The Morgan fingerprint density at radius 2 is 1.92 bits per heavy atom. The number of nitrogens with zero attached hydrogens (tertiary/aromatic N) is 3. The first-order valence-corrected chi connectivity index (χ1v) is 9.24. The van der Waals surface area contributed by atoms with Crippen LogP contribution in [0.15, 0.2) is 24.3 Å². The lowest BCUT2D eigenvalue weighted by molar-refractivity contribution is 0.0491. The fraction of sp³-hybridized carbons (Fsp3) is 0.450. The van der Waals surface area contributed by atoms with E-state index < -0.39 is 5.97 Å². The van der Waals surface area contributed by atoms with Crippen LogP contribution >= 0.6 is 0 Å². The highest BCUT2D eigenvalue weighted by molar-refractivity contribution is 6.08. The molecule has 0 saturated heterocycles. The van der Waals surface area contributed by atoms with E-state index in [1.54, 1.807) is 0 Å². The summed E-state index contributed by atoms with van der Waals surface area (Å²) in [6, 6.07) is 7.62. The van der Waals surface area contributed by atoms with E-state index in [9.17, 15) is 4.79 Å². The maximum absolute atomic E-state index is 12.7. The van der Waals surface area contributed by atoms with Crippen LogP contribution in [0.2, 0.25) is 0 Å². The smallest absolute Gasteiger partial charge is 0.344 e. The largest absolute Gasteiger partial charge is 0.462 e. The number of aromatic nitrogens is 3. The van der Waals surface area contributed by atoms with Crippen LogP contribution in [-0.2, 0) is 11.3 Å². The van der Waals surface area contributed by atoms with Gasteiger partial charge < -0.3 is 15.0 Å². The number of anilines is 1. The summed E-state index contributed by atoms with van der Waals surface area (Å²) >= 11 is 0. The maximum atomic E-state index is 12.7. The summed E-state index contributed by atoms with van der Waals surface area (Å²) in [6.07, 6.45) is 2.79. The van der Waals surface area contributed by atoms with E-state index in [0.717, 1.165) is 30.3 Å². The summed E-state index contributed by atoms with van der Waals surface area (Å²) < 4.78 is 7.34. The molecule has 0 bridgehead atoms. The van der Waals surface area contributed by atoms with Crippen molar-refractivity contribution in [3.8, 4) is 0 Å². The minimum Gasteiger partial charge on any atom is -0.462 e. The summed E-state index contributed by atoms with van der Waals surface area (Å²) in [5.41, 5.74) is 9.36. The number of para-hydroxylation sites is 2. The first-order chi connectivity index (χ1) is 12.5. The molecule has 6 heteroatoms. The first-order valence-electron chi connectivity index (χ1n) is 9.24. The molecule has 1 aromatic carbocycles. The lowest BCUT2D eigenvalue weighted by Crippen LogP contribution is -2.11. The third-order valence-electron chi connectivity index (χ3n) is 4.46. The number of rotatable bonds is 7. The van der Waals surface area contributed by atoms with Gasteiger partial charge in [0.2, 0.25) is 0 Å². The maximum Gasteiger partial charge on any atom is 0.344 e. The van der Waals surface area contributed by atoms with Crippen molar-refractivity contribution in [2.75, 3.05) is 12.3 Å². The van der Waals surface area contributed by atoms with Gasteiger partial charge in [0.1, 0.15) is 16.9 Å². The molecule has 0 amide bonds. The fourth-order valence-corrected chi connectivity index (χ4v) is 2.92. The number of carbonyl (C=O) groups is 1. The van der Waals surface area contributed by atoms with Gasteiger partial charge in [0.15, 0.2) is 5.65 Å². The molecule has 2 heterocycles. The minimum absolute atomic E-state index is 0.332. The van der Waals surface area contributed by atoms with E-state index in [1.165, 1.54) is 0 Å². The molecule has 138 valence electrons. The number of hydrogen-bond donors (Lipinski definition) is 1. The summed E-state index contributed by atoms with van der Waals surface area (Å²) in [4.78, 5) is 22.1. The minimum atomic E-state index is -0.423. The Labute approximate surface area is 153 Å². The summed E-state index contributed by atoms with van der Waals surface area (Å²) in [5.74, 6) is 0.432. The van der Waals surface area contributed by atoms with Crippen LogP contribution in [0.1, 0.15) is 50.4 Å². The van der Waals surface area contributed by atoms with Gasteiger partial charge in [0, 0.05) is 6.54 Å². The highest BCUT2D eigenvalue weighted by Crippen LogP contribution is 2.29. The SMILES string of the molecule is CCCCn1c(N)c(C(=O)OCCC(C)C)c2nc3ccccc3nc21. The third-order valence-corrected chi connectivity index (χ3v) is 4.46. The second kappa shape index (κ2) is 7.72. The lowest BCUT2D eigenvalue weighted by atomic mass is 10.1. The quantitative estimate of drug-likeness (QED) is 0.644. The van der Waals surface area contributed by atoms with Gasteiger partial charge in [-0.2, -0.15) is 0 Å². The van der Waals surface area contributed by atoms with Crippen LogP contribution in [-0.4, -0.2) is 27.1 Å². The molecule has 0 saturated carbocycles. The van der Waals surface area contributed by atoms with E-state index in [4.69, 9.17) is 15.5 Å². The van der Waals surface area contributed by atoms with Gasteiger partial charge in [-0.15, -0.1) is 0 Å². The molecule has 3 rings (SSSR count). The molecule has 6 nitrogen and oxygen atoms in total. The van der Waals surface area contributed by atoms with Gasteiger partial charge in [0.05, 0.1) is 17.6 Å². The molecule has 0 aliphatic rings. The number of esters is 1. The second-order valence-electron chi connectivity index (χ2n) is 6.97. The molecule has 0 atom stereocenters. The number of ether oxygens (including phenoxy) is 1. The molecule has 26 heavy (non-hydrogen) atoms. The summed E-state index contributed by atoms with van der Waals surface area (Å²) in [6.45, 7) is 7.38. The predicted molar refractivity (Wildman–Crippen MR) is 104 cm³/mol. The molecule has 0 aliphatic heterocycles. The number of aryl methyl sites for hydroxylation is 1. The zero-order valence-electron chi connectivity index (χ0n) is 15.7. The van der Waals surface area contributed by atoms with Crippen LogP contribution in [0.25, 0.3) is 22.2 Å². The first kappa shape index (κ1) is 18.2. The van der Waals surface area contributed by atoms with Gasteiger partial charge in [-0.3, -0.25) is 0 Å². The normalized spacial score (nSPS) is 11.5. The fourth-order valence-electron chi connectivity index (χ4n) is 2.92. The number of nitrogens with two attached hydrogens (primary N) is 1. The second-order valence-corrected chi connectivity index (χ2v) is 6.97. The molecule has 0 fully saturated rings. The highest BCUT2D eigenvalue weighted by atomic mass is 16.5. The molecule has 0 spiro atoms. The molecule has 0 radical (unpaired) electrons. The number of unbranched alkanes of at least 4 members (excludes halogenated alkanes) is 1. The Morgan fingerprint density at radius 3 is 2.58 bits per heavy atom. The van der Waals surface area contributed by atoms with Crippen molar-refractivity contribution in [3.63, 3.8) is 0 Å². The van der Waals surface area contributed by atoms with Gasteiger partial charge in [-0.25, -0.2) is 14.8 Å². The van der Waals surface area contributed by atoms with Crippen molar-refractivity contribution < 1.29 is 9.53 Å². The van der Waals surface area contributed by atoms with Crippen LogP contribution in [0.4, 0.5) is 5.82 Å². The van der Waals surface area contributed by atoms with Crippen molar-refractivity contribution in [3.05, 3.63) is 29.8 Å². The van der Waals surface area contributed by atoms with Crippen LogP contribution in [0.3, 0.4) is 0 Å². The number of hydrogen-bond acceptors (Lipinski definition) is 5. The Morgan fingerprint density at radius 1 is 1.23 bits per heavy atom. The van der Waals surface area contributed by atoms with Crippen molar-refractivity contribution in [1.82, 2.24) is 14.5 Å². The number of nitrogen functional groups attached to an aromatic ring is 1. The van der Waals surface area contributed by atoms with Crippen molar-refractivity contribution in [2.24, 2.45) is 5.92 Å². The molecule has 0 aliphatic carbocycles. The Bertz CT molecular complexity index is 930. The average Bonchev–Trinajstić information content (AvgIpc) is 2.88. The van der Waals surface area contributed by atoms with Crippen molar-refractivity contribution >= 4 is 34.0 Å². The Kier molecular flexibility index (Phi) is 5.40. The van der Waals surface area contributed by atoms with Crippen LogP contribution < -0.4 is 5.73 Å². The molecular formula is C20H26N4O2. The van der Waals surface area contributed by atoms with Gasteiger partial charge in [0.25, 0.3) is 0 Å². The van der Waals surface area contributed by atoms with E-state index in [1.807, 2.05) is 28.8 Å². The van der Waals surface area contributed by atoms with E-state index >= 15 is 0 Å². The van der Waals surface area contributed by atoms with Crippen LogP contribution in [0.5, 0.6) is 0 Å². The van der Waals surface area contributed by atoms with Crippen molar-refractivity contribution in [2.45, 2.75) is 46.6 Å². The summed E-state index contributed by atoms with van der Waals surface area (Å²) in [7, 11) is 0. The molecule has 0 unspecified atom stereocenters. The predicted octanol–water partition coefficient (Wildman–Crippen LogP) is 4.17. The molecule has 2 N–H and O–H groups in total. The number of carbonyl (C=O) groups excluding carboxylic acids is 1. The number of benzene rings is 1. The lowest BCUT2D eigenvalue weighted by Gasteiger charge is -2.08. The van der Waals surface area contributed by atoms with Gasteiger partial charge in [-0.05, 0) is 30.9 Å². The highest BCUT2D eigenvalue weighted by Gasteiger charge is 2.24. The van der Waals surface area contributed by atoms with E-state index in [2.05, 4.69) is 25.8 Å².